The number of piperazine rings is 1. The van der Waals surface area contributed by atoms with Crippen molar-refractivity contribution in [2.45, 2.75) is 0 Å². The zero-order chi connectivity index (χ0) is 21.8. The number of anilines is 1. The summed E-state index contributed by atoms with van der Waals surface area (Å²) in [7, 11) is 0. The summed E-state index contributed by atoms with van der Waals surface area (Å²) >= 11 is 3.17. The van der Waals surface area contributed by atoms with Gasteiger partial charge in [-0.1, -0.05) is 6.07 Å². The first-order chi connectivity index (χ1) is 15.0. The molecule has 31 heavy (non-hydrogen) atoms. The number of halogens is 1. The van der Waals surface area contributed by atoms with E-state index in [9.17, 15) is 14.4 Å². The largest absolute Gasteiger partial charge is 0.444 e. The van der Waals surface area contributed by atoms with Gasteiger partial charge in [0, 0.05) is 63.6 Å². The SMILES string of the molecule is O=C(Nc1cccc(C(=O)N2CCN(CCN3CCNC3=O)CC2)c1)c1ccc(Br)o1. The third kappa shape index (κ3) is 5.26. The van der Waals surface area contributed by atoms with Crippen LogP contribution >= 0.6 is 15.9 Å². The summed E-state index contributed by atoms with van der Waals surface area (Å²) in [5.74, 6) is -0.253. The quantitative estimate of drug-likeness (QED) is 0.647. The summed E-state index contributed by atoms with van der Waals surface area (Å²) in [6.45, 7) is 5.76. The molecule has 2 N–H and O–H groups in total. The lowest BCUT2D eigenvalue weighted by Crippen LogP contribution is -2.50. The van der Waals surface area contributed by atoms with Crippen molar-refractivity contribution in [2.75, 3.05) is 57.7 Å². The lowest BCUT2D eigenvalue weighted by Gasteiger charge is -2.35. The van der Waals surface area contributed by atoms with Crippen molar-refractivity contribution in [1.29, 1.82) is 0 Å². The zero-order valence-electron chi connectivity index (χ0n) is 17.0. The van der Waals surface area contributed by atoms with E-state index in [1.807, 2.05) is 9.80 Å². The number of carbonyl (C=O) groups excluding carboxylic acids is 3. The Kier molecular flexibility index (Phi) is 6.57. The van der Waals surface area contributed by atoms with Crippen LogP contribution in [-0.4, -0.2) is 84.9 Å². The minimum Gasteiger partial charge on any atom is -0.444 e. The number of hydrogen-bond donors (Lipinski definition) is 2. The summed E-state index contributed by atoms with van der Waals surface area (Å²) < 4.78 is 5.73. The molecule has 1 aromatic heterocycles. The summed E-state index contributed by atoms with van der Waals surface area (Å²) in [5, 5.41) is 5.56. The van der Waals surface area contributed by atoms with Crippen LogP contribution in [0.2, 0.25) is 0 Å². The molecule has 4 rings (SSSR count). The van der Waals surface area contributed by atoms with Crippen LogP contribution in [0.5, 0.6) is 0 Å². The van der Waals surface area contributed by atoms with Crippen LogP contribution < -0.4 is 10.6 Å². The number of benzene rings is 1. The average molecular weight is 490 g/mol. The second-order valence-corrected chi connectivity index (χ2v) is 8.27. The molecule has 0 spiro atoms. The van der Waals surface area contributed by atoms with E-state index in [1.54, 1.807) is 36.4 Å². The van der Waals surface area contributed by atoms with Crippen LogP contribution in [0.1, 0.15) is 20.9 Å². The molecule has 1 aromatic carbocycles. The average Bonchev–Trinajstić information content (AvgIpc) is 3.40. The van der Waals surface area contributed by atoms with Gasteiger partial charge in [0.15, 0.2) is 10.4 Å². The molecule has 2 aliphatic rings. The van der Waals surface area contributed by atoms with Gasteiger partial charge in [-0.25, -0.2) is 4.79 Å². The van der Waals surface area contributed by atoms with Crippen molar-refractivity contribution in [2.24, 2.45) is 0 Å². The molecule has 9 nitrogen and oxygen atoms in total. The van der Waals surface area contributed by atoms with Crippen LogP contribution in [0.4, 0.5) is 10.5 Å². The molecular weight excluding hydrogens is 466 g/mol. The number of nitrogens with one attached hydrogen (secondary N) is 2. The van der Waals surface area contributed by atoms with Crippen LogP contribution in [0.25, 0.3) is 0 Å². The maximum atomic E-state index is 12.9. The van der Waals surface area contributed by atoms with E-state index in [1.165, 1.54) is 0 Å². The second kappa shape index (κ2) is 9.52. The maximum Gasteiger partial charge on any atom is 0.317 e. The molecule has 0 atom stereocenters. The lowest BCUT2D eigenvalue weighted by atomic mass is 10.1. The Morgan fingerprint density at radius 2 is 1.87 bits per heavy atom. The van der Waals surface area contributed by atoms with Crippen LogP contribution in [-0.2, 0) is 0 Å². The number of carbonyl (C=O) groups is 3. The molecule has 3 heterocycles. The fourth-order valence-electron chi connectivity index (χ4n) is 3.70. The highest BCUT2D eigenvalue weighted by Gasteiger charge is 2.24. The standard InChI is InChI=1S/C21H24BrN5O4/c22-18-5-4-17(31-18)19(28)24-16-3-1-2-15(14-16)20(29)26-11-8-25(9-12-26)10-13-27-7-6-23-21(27)30/h1-5,14H,6-13H2,(H,23,30)(H,24,28). The van der Waals surface area contributed by atoms with Crippen molar-refractivity contribution < 1.29 is 18.8 Å². The molecule has 2 fully saturated rings. The molecule has 0 unspecified atom stereocenters. The van der Waals surface area contributed by atoms with Gasteiger partial charge in [0.25, 0.3) is 11.8 Å². The maximum absolute atomic E-state index is 12.9. The fraction of sp³-hybridized carbons (Fsp3) is 0.381. The number of hydrogen-bond acceptors (Lipinski definition) is 5. The van der Waals surface area contributed by atoms with Gasteiger partial charge in [-0.3, -0.25) is 14.5 Å². The van der Waals surface area contributed by atoms with Gasteiger partial charge in [0.1, 0.15) is 0 Å². The van der Waals surface area contributed by atoms with Gasteiger partial charge < -0.3 is 24.9 Å². The molecule has 0 aliphatic carbocycles. The molecule has 0 saturated carbocycles. The van der Waals surface area contributed by atoms with Gasteiger partial charge >= 0.3 is 6.03 Å². The molecule has 0 radical (unpaired) electrons. The normalized spacial score (nSPS) is 17.0. The molecule has 2 aromatic rings. The van der Waals surface area contributed by atoms with Crippen LogP contribution in [0.3, 0.4) is 0 Å². The van der Waals surface area contributed by atoms with Crippen LogP contribution in [0, 0.1) is 0 Å². The summed E-state index contributed by atoms with van der Waals surface area (Å²) in [4.78, 5) is 42.7. The zero-order valence-corrected chi connectivity index (χ0v) is 18.6. The van der Waals surface area contributed by atoms with Crippen molar-refractivity contribution in [3.63, 3.8) is 0 Å². The van der Waals surface area contributed by atoms with E-state index in [2.05, 4.69) is 31.5 Å². The third-order valence-corrected chi connectivity index (χ3v) is 5.88. The first kappa shape index (κ1) is 21.4. The van der Waals surface area contributed by atoms with Gasteiger partial charge in [0.2, 0.25) is 0 Å². The van der Waals surface area contributed by atoms with Gasteiger partial charge in [-0.15, -0.1) is 0 Å². The summed E-state index contributed by atoms with van der Waals surface area (Å²) in [6, 6.07) is 10.1. The Morgan fingerprint density at radius 3 is 2.55 bits per heavy atom. The van der Waals surface area contributed by atoms with E-state index in [0.29, 0.717) is 42.1 Å². The monoisotopic (exact) mass is 489 g/mol. The number of furan rings is 1. The van der Waals surface area contributed by atoms with E-state index >= 15 is 0 Å². The van der Waals surface area contributed by atoms with Gasteiger partial charge in [-0.2, -0.15) is 0 Å². The highest BCUT2D eigenvalue weighted by atomic mass is 79.9. The Labute approximate surface area is 188 Å². The first-order valence-corrected chi connectivity index (χ1v) is 11.0. The lowest BCUT2D eigenvalue weighted by molar-refractivity contribution is 0.0630. The minimum atomic E-state index is -0.379. The number of urea groups is 1. The summed E-state index contributed by atoms with van der Waals surface area (Å²) in [6.07, 6.45) is 0. The topological polar surface area (TPSA) is 98.1 Å². The Balaban J connectivity index is 1.29. The predicted molar refractivity (Wildman–Crippen MR) is 118 cm³/mol. The molecular formula is C21H24BrN5O4. The molecule has 2 saturated heterocycles. The fourth-order valence-corrected chi connectivity index (χ4v) is 4.01. The number of rotatable bonds is 6. The van der Waals surface area contributed by atoms with Crippen molar-refractivity contribution in [3.8, 4) is 0 Å². The molecule has 164 valence electrons. The molecule has 0 bridgehead atoms. The molecule has 2 aliphatic heterocycles. The predicted octanol–water partition coefficient (Wildman–Crippen LogP) is 2.08. The summed E-state index contributed by atoms with van der Waals surface area (Å²) in [5.41, 5.74) is 1.06. The Bertz CT molecular complexity index is 970. The number of nitrogens with zero attached hydrogens (tertiary/aromatic N) is 3. The highest BCUT2D eigenvalue weighted by Crippen LogP contribution is 2.18. The third-order valence-electron chi connectivity index (χ3n) is 5.46. The number of amides is 4. The van der Waals surface area contributed by atoms with Gasteiger partial charge in [-0.05, 0) is 46.3 Å². The second-order valence-electron chi connectivity index (χ2n) is 7.49. The van der Waals surface area contributed by atoms with Crippen LogP contribution in [0.15, 0.2) is 45.5 Å². The Morgan fingerprint density at radius 1 is 1.06 bits per heavy atom. The van der Waals surface area contributed by atoms with Crippen molar-refractivity contribution >= 4 is 39.5 Å². The van der Waals surface area contributed by atoms with E-state index in [4.69, 9.17) is 4.42 Å². The Hall–Kier alpha value is -2.85. The molecule has 10 heteroatoms. The van der Waals surface area contributed by atoms with E-state index in [0.717, 1.165) is 26.2 Å². The minimum absolute atomic E-state index is 0.000434. The highest BCUT2D eigenvalue weighted by molar-refractivity contribution is 9.10. The smallest absolute Gasteiger partial charge is 0.317 e. The van der Waals surface area contributed by atoms with E-state index in [-0.39, 0.29) is 23.6 Å². The first-order valence-electron chi connectivity index (χ1n) is 10.2. The van der Waals surface area contributed by atoms with Gasteiger partial charge in [0.05, 0.1) is 0 Å². The molecule has 4 amide bonds. The van der Waals surface area contributed by atoms with E-state index < -0.39 is 0 Å². The van der Waals surface area contributed by atoms with Crippen molar-refractivity contribution in [3.05, 3.63) is 52.4 Å². The van der Waals surface area contributed by atoms with Crippen molar-refractivity contribution in [1.82, 2.24) is 20.0 Å².